The SMILES string of the molecule is COc1ccccc1-n1nc(C(=O)N/N=C/c2cccc(O)c2)c(C)c(C#N)c1=O. The largest absolute Gasteiger partial charge is 0.508 e. The number of benzene rings is 2. The van der Waals surface area contributed by atoms with Crippen LogP contribution in [0.2, 0.25) is 0 Å². The molecule has 1 heterocycles. The molecule has 0 aliphatic rings. The predicted molar refractivity (Wildman–Crippen MR) is 109 cm³/mol. The van der Waals surface area contributed by atoms with E-state index in [2.05, 4.69) is 15.6 Å². The maximum Gasteiger partial charge on any atom is 0.292 e. The van der Waals surface area contributed by atoms with E-state index in [1.165, 1.54) is 32.4 Å². The van der Waals surface area contributed by atoms with Crippen LogP contribution in [0.5, 0.6) is 11.5 Å². The second-order valence-corrected chi connectivity index (χ2v) is 6.14. The predicted octanol–water partition coefficient (Wildman–Crippen LogP) is 1.89. The van der Waals surface area contributed by atoms with Crippen LogP contribution < -0.4 is 15.7 Å². The highest BCUT2D eigenvalue weighted by atomic mass is 16.5. The first kappa shape index (κ1) is 20.3. The molecule has 9 heteroatoms. The van der Waals surface area contributed by atoms with Crippen molar-refractivity contribution in [2.45, 2.75) is 6.92 Å². The summed E-state index contributed by atoms with van der Waals surface area (Å²) in [5.74, 6) is -0.289. The Kier molecular flexibility index (Phi) is 5.89. The van der Waals surface area contributed by atoms with E-state index in [1.807, 2.05) is 6.07 Å². The number of nitrogens with zero attached hydrogens (tertiary/aromatic N) is 4. The number of hydrogen-bond acceptors (Lipinski definition) is 7. The lowest BCUT2D eigenvalue weighted by Crippen LogP contribution is -2.31. The lowest BCUT2D eigenvalue weighted by atomic mass is 10.1. The average molecular weight is 403 g/mol. The molecule has 2 N–H and O–H groups in total. The van der Waals surface area contributed by atoms with Gasteiger partial charge in [0.15, 0.2) is 5.69 Å². The molecular formula is C21H17N5O4. The molecule has 0 aliphatic heterocycles. The van der Waals surface area contributed by atoms with Crippen molar-refractivity contribution in [2.24, 2.45) is 5.10 Å². The molecule has 0 saturated heterocycles. The van der Waals surface area contributed by atoms with Crippen molar-refractivity contribution >= 4 is 12.1 Å². The van der Waals surface area contributed by atoms with Crippen LogP contribution in [0.4, 0.5) is 0 Å². The molecule has 3 rings (SSSR count). The summed E-state index contributed by atoms with van der Waals surface area (Å²) in [6, 6.07) is 14.7. The van der Waals surface area contributed by atoms with Crippen molar-refractivity contribution in [3.05, 3.63) is 81.3 Å². The molecule has 2 aromatic carbocycles. The number of carbonyl (C=O) groups is 1. The van der Waals surface area contributed by atoms with Gasteiger partial charge in [-0.1, -0.05) is 24.3 Å². The third-order valence-corrected chi connectivity index (χ3v) is 4.23. The average Bonchev–Trinajstić information content (AvgIpc) is 2.74. The third kappa shape index (κ3) is 4.02. The quantitative estimate of drug-likeness (QED) is 0.494. The molecule has 3 aromatic rings. The first-order chi connectivity index (χ1) is 14.5. The van der Waals surface area contributed by atoms with Crippen LogP contribution in [0.3, 0.4) is 0 Å². The second-order valence-electron chi connectivity index (χ2n) is 6.14. The van der Waals surface area contributed by atoms with Gasteiger partial charge >= 0.3 is 0 Å². The summed E-state index contributed by atoms with van der Waals surface area (Å²) >= 11 is 0. The molecule has 0 spiro atoms. The minimum atomic E-state index is -0.705. The van der Waals surface area contributed by atoms with Crippen molar-refractivity contribution in [1.29, 1.82) is 5.26 Å². The number of para-hydroxylation sites is 2. The van der Waals surface area contributed by atoms with E-state index in [0.717, 1.165) is 4.68 Å². The monoisotopic (exact) mass is 403 g/mol. The smallest absolute Gasteiger partial charge is 0.292 e. The molecule has 0 bridgehead atoms. The number of aromatic hydroxyl groups is 1. The van der Waals surface area contributed by atoms with Crippen LogP contribution in [-0.4, -0.2) is 34.1 Å². The molecule has 0 aliphatic carbocycles. The highest BCUT2D eigenvalue weighted by Crippen LogP contribution is 2.21. The Morgan fingerprint density at radius 2 is 2.07 bits per heavy atom. The highest BCUT2D eigenvalue weighted by Gasteiger charge is 2.21. The normalized spacial score (nSPS) is 10.6. The standard InChI is InChI=1S/C21H17N5O4/c1-13-16(11-22)21(29)26(17-8-3-4-9-18(17)30-2)25-19(13)20(28)24-23-12-14-6-5-7-15(27)10-14/h3-10,12,27H,1-2H3,(H,24,28)/b23-12+. The summed E-state index contributed by atoms with van der Waals surface area (Å²) in [6.45, 7) is 1.47. The topological polar surface area (TPSA) is 130 Å². The summed E-state index contributed by atoms with van der Waals surface area (Å²) < 4.78 is 6.21. The Bertz CT molecular complexity index is 1240. The number of rotatable bonds is 5. The minimum Gasteiger partial charge on any atom is -0.508 e. The number of hydrazone groups is 1. The van der Waals surface area contributed by atoms with Crippen molar-refractivity contribution in [3.8, 4) is 23.3 Å². The van der Waals surface area contributed by atoms with Crippen LogP contribution in [-0.2, 0) is 0 Å². The number of nitrogens with one attached hydrogen (secondary N) is 1. The van der Waals surface area contributed by atoms with Crippen molar-refractivity contribution < 1.29 is 14.6 Å². The number of amides is 1. The lowest BCUT2D eigenvalue weighted by molar-refractivity contribution is 0.0947. The minimum absolute atomic E-state index is 0.0605. The zero-order valence-electron chi connectivity index (χ0n) is 16.2. The van der Waals surface area contributed by atoms with Crippen molar-refractivity contribution in [2.75, 3.05) is 7.11 Å². The maximum atomic E-state index is 12.7. The second kappa shape index (κ2) is 8.70. The Balaban J connectivity index is 2.01. The van der Waals surface area contributed by atoms with E-state index in [4.69, 9.17) is 4.74 Å². The van der Waals surface area contributed by atoms with Gasteiger partial charge in [-0.2, -0.15) is 20.1 Å². The van der Waals surface area contributed by atoms with Crippen LogP contribution in [0, 0.1) is 18.3 Å². The summed E-state index contributed by atoms with van der Waals surface area (Å²) in [5.41, 5.74) is 2.30. The Morgan fingerprint density at radius 3 is 2.77 bits per heavy atom. The van der Waals surface area contributed by atoms with Gasteiger partial charge in [0.25, 0.3) is 11.5 Å². The van der Waals surface area contributed by atoms with Gasteiger partial charge in [-0.15, -0.1) is 0 Å². The molecule has 9 nitrogen and oxygen atoms in total. The number of hydrogen-bond donors (Lipinski definition) is 2. The summed E-state index contributed by atoms with van der Waals surface area (Å²) in [5, 5.41) is 26.9. The molecule has 150 valence electrons. The van der Waals surface area contributed by atoms with Gasteiger partial charge in [0.2, 0.25) is 0 Å². The molecular weight excluding hydrogens is 386 g/mol. The molecule has 0 saturated carbocycles. The van der Waals surface area contributed by atoms with Gasteiger partial charge < -0.3 is 9.84 Å². The fraction of sp³-hybridized carbons (Fsp3) is 0.0952. The molecule has 0 atom stereocenters. The molecule has 0 unspecified atom stereocenters. The van der Waals surface area contributed by atoms with E-state index >= 15 is 0 Å². The fourth-order valence-corrected chi connectivity index (χ4v) is 2.74. The number of aromatic nitrogens is 2. The van der Waals surface area contributed by atoms with Crippen molar-refractivity contribution in [3.63, 3.8) is 0 Å². The molecule has 0 fully saturated rings. The molecule has 1 aromatic heterocycles. The zero-order valence-corrected chi connectivity index (χ0v) is 16.2. The van der Waals surface area contributed by atoms with Crippen LogP contribution in [0.25, 0.3) is 5.69 Å². The molecule has 30 heavy (non-hydrogen) atoms. The Labute approximate surface area is 171 Å². The van der Waals surface area contributed by atoms with E-state index in [0.29, 0.717) is 17.0 Å². The van der Waals surface area contributed by atoms with Gasteiger partial charge in [0, 0.05) is 5.56 Å². The summed E-state index contributed by atoms with van der Waals surface area (Å²) in [4.78, 5) is 25.4. The lowest BCUT2D eigenvalue weighted by Gasteiger charge is -2.13. The first-order valence-electron chi connectivity index (χ1n) is 8.76. The van der Waals surface area contributed by atoms with Crippen LogP contribution in [0.15, 0.2) is 58.4 Å². The zero-order chi connectivity index (χ0) is 21.7. The van der Waals surface area contributed by atoms with Gasteiger partial charge in [-0.05, 0) is 36.8 Å². The van der Waals surface area contributed by atoms with Gasteiger partial charge in [0.05, 0.1) is 13.3 Å². The van der Waals surface area contributed by atoms with Gasteiger partial charge in [-0.25, -0.2) is 5.43 Å². The first-order valence-corrected chi connectivity index (χ1v) is 8.76. The summed E-state index contributed by atoms with van der Waals surface area (Å²) in [6.07, 6.45) is 1.34. The van der Waals surface area contributed by atoms with Crippen LogP contribution in [0.1, 0.15) is 27.2 Å². The fourth-order valence-electron chi connectivity index (χ4n) is 2.74. The van der Waals surface area contributed by atoms with Crippen LogP contribution >= 0.6 is 0 Å². The third-order valence-electron chi connectivity index (χ3n) is 4.23. The Morgan fingerprint density at radius 1 is 1.30 bits per heavy atom. The number of methoxy groups -OCH3 is 1. The number of nitriles is 1. The van der Waals surface area contributed by atoms with Gasteiger partial charge in [-0.3, -0.25) is 9.59 Å². The molecule has 0 radical (unpaired) electrons. The highest BCUT2D eigenvalue weighted by molar-refractivity contribution is 5.94. The number of phenols is 1. The Hall–Kier alpha value is -4.45. The van der Waals surface area contributed by atoms with Gasteiger partial charge in [0.1, 0.15) is 28.8 Å². The van der Waals surface area contributed by atoms with E-state index in [-0.39, 0.29) is 22.6 Å². The number of ether oxygens (including phenoxy) is 1. The molecule has 1 amide bonds. The maximum absolute atomic E-state index is 12.7. The number of carbonyl (C=O) groups excluding carboxylic acids is 1. The van der Waals surface area contributed by atoms with E-state index in [1.54, 1.807) is 36.4 Å². The van der Waals surface area contributed by atoms with E-state index < -0.39 is 11.5 Å². The summed E-state index contributed by atoms with van der Waals surface area (Å²) in [7, 11) is 1.44. The number of phenolic OH excluding ortho intramolecular Hbond substituents is 1. The van der Waals surface area contributed by atoms with Crippen molar-refractivity contribution in [1.82, 2.24) is 15.2 Å². The van der Waals surface area contributed by atoms with E-state index in [9.17, 15) is 20.0 Å².